The van der Waals surface area contributed by atoms with Gasteiger partial charge in [0.1, 0.15) is 11.5 Å². The van der Waals surface area contributed by atoms with E-state index in [9.17, 15) is 9.18 Å². The molecule has 3 nitrogen and oxygen atoms in total. The molecule has 0 unspecified atom stereocenters. The quantitative estimate of drug-likeness (QED) is 0.656. The fourth-order valence-electron chi connectivity index (χ4n) is 1.78. The third-order valence-electron chi connectivity index (χ3n) is 2.87. The van der Waals surface area contributed by atoms with E-state index in [4.69, 9.17) is 0 Å². The van der Waals surface area contributed by atoms with Crippen molar-refractivity contribution in [2.24, 2.45) is 7.05 Å². The second kappa shape index (κ2) is 7.14. The topological polar surface area (TPSA) is 34.0 Å². The lowest BCUT2D eigenvalue weighted by molar-refractivity contribution is 0.0945. The molecule has 2 rings (SSSR count). The molecule has 5 heteroatoms. The first-order valence-electron chi connectivity index (χ1n) is 6.45. The first kappa shape index (κ1) is 14.7. The molecule has 20 heavy (non-hydrogen) atoms. The molecule has 0 spiro atoms. The normalized spacial score (nSPS) is 10.5. The molecule has 0 aliphatic heterocycles. The van der Waals surface area contributed by atoms with E-state index in [-0.39, 0.29) is 11.7 Å². The highest BCUT2D eigenvalue weighted by molar-refractivity contribution is 7.99. The van der Waals surface area contributed by atoms with Crippen LogP contribution in [0, 0.1) is 5.82 Å². The minimum absolute atomic E-state index is 0.0516. The highest BCUT2D eigenvalue weighted by atomic mass is 32.2. The molecule has 1 aromatic carbocycles. The van der Waals surface area contributed by atoms with Crippen LogP contribution in [0.2, 0.25) is 0 Å². The van der Waals surface area contributed by atoms with E-state index >= 15 is 0 Å². The zero-order valence-corrected chi connectivity index (χ0v) is 12.1. The van der Waals surface area contributed by atoms with Gasteiger partial charge in [-0.3, -0.25) is 4.79 Å². The van der Waals surface area contributed by atoms with Gasteiger partial charge in [-0.05, 0) is 48.6 Å². The van der Waals surface area contributed by atoms with Crippen molar-refractivity contribution in [3.8, 4) is 0 Å². The van der Waals surface area contributed by atoms with Crippen molar-refractivity contribution in [2.45, 2.75) is 11.3 Å². The lowest BCUT2D eigenvalue weighted by Crippen LogP contribution is -2.26. The Labute approximate surface area is 122 Å². The maximum atomic E-state index is 12.7. The first-order valence-corrected chi connectivity index (χ1v) is 7.43. The number of hydrogen-bond acceptors (Lipinski definition) is 2. The van der Waals surface area contributed by atoms with E-state index < -0.39 is 0 Å². The van der Waals surface area contributed by atoms with Gasteiger partial charge in [-0.2, -0.15) is 0 Å². The highest BCUT2D eigenvalue weighted by Gasteiger charge is 2.07. The number of nitrogens with one attached hydrogen (secondary N) is 1. The van der Waals surface area contributed by atoms with Crippen LogP contribution < -0.4 is 5.32 Å². The molecule has 2 aromatic rings. The summed E-state index contributed by atoms with van der Waals surface area (Å²) in [6.07, 6.45) is 2.72. The summed E-state index contributed by atoms with van der Waals surface area (Å²) >= 11 is 1.66. The summed E-state index contributed by atoms with van der Waals surface area (Å²) in [6.45, 7) is 0.637. The Bertz CT molecular complexity index is 566. The molecule has 0 atom stereocenters. The van der Waals surface area contributed by atoms with Gasteiger partial charge in [-0.25, -0.2) is 4.39 Å². The summed E-state index contributed by atoms with van der Waals surface area (Å²) in [4.78, 5) is 12.9. The fourth-order valence-corrected chi connectivity index (χ4v) is 2.64. The smallest absolute Gasteiger partial charge is 0.267 e. The van der Waals surface area contributed by atoms with E-state index in [2.05, 4.69) is 5.32 Å². The first-order chi connectivity index (χ1) is 9.66. The summed E-state index contributed by atoms with van der Waals surface area (Å²) in [6, 6.07) is 10.1. The molecule has 106 valence electrons. The van der Waals surface area contributed by atoms with E-state index in [0.717, 1.165) is 17.1 Å². The molecule has 0 fully saturated rings. The van der Waals surface area contributed by atoms with Crippen LogP contribution in [0.3, 0.4) is 0 Å². The van der Waals surface area contributed by atoms with Crippen LogP contribution in [0.1, 0.15) is 16.9 Å². The van der Waals surface area contributed by atoms with Gasteiger partial charge in [-0.15, -0.1) is 11.8 Å². The predicted molar refractivity (Wildman–Crippen MR) is 79.5 cm³/mol. The Kier molecular flexibility index (Phi) is 5.24. The van der Waals surface area contributed by atoms with Crippen LogP contribution in [-0.2, 0) is 7.05 Å². The molecule has 0 radical (unpaired) electrons. The van der Waals surface area contributed by atoms with Gasteiger partial charge in [0, 0.05) is 24.7 Å². The molecular weight excluding hydrogens is 275 g/mol. The van der Waals surface area contributed by atoms with Gasteiger partial charge < -0.3 is 9.88 Å². The minimum Gasteiger partial charge on any atom is -0.351 e. The largest absolute Gasteiger partial charge is 0.351 e. The number of rotatable bonds is 6. The molecule has 0 saturated heterocycles. The number of benzene rings is 1. The third kappa shape index (κ3) is 4.13. The van der Waals surface area contributed by atoms with Gasteiger partial charge in [0.05, 0.1) is 0 Å². The Morgan fingerprint density at radius 3 is 2.70 bits per heavy atom. The molecule has 0 bridgehead atoms. The Hall–Kier alpha value is -1.75. The number of aromatic nitrogens is 1. The zero-order chi connectivity index (χ0) is 14.4. The minimum atomic E-state index is -0.218. The van der Waals surface area contributed by atoms with Crippen LogP contribution in [0.25, 0.3) is 0 Å². The standard InChI is InChI=1S/C15H17FN2OS/c1-18-10-2-4-14(18)15(19)17-9-3-11-20-13-7-5-12(16)6-8-13/h2,4-8,10H,3,9,11H2,1H3,(H,17,19). The Morgan fingerprint density at radius 2 is 2.05 bits per heavy atom. The van der Waals surface area contributed by atoms with Crippen molar-refractivity contribution in [3.05, 3.63) is 54.1 Å². The lowest BCUT2D eigenvalue weighted by atomic mass is 10.3. The number of aryl methyl sites for hydroxylation is 1. The molecular formula is C15H17FN2OS. The predicted octanol–water partition coefficient (Wildman–Crippen LogP) is 3.08. The molecule has 0 saturated carbocycles. The van der Waals surface area contributed by atoms with Crippen molar-refractivity contribution in [1.29, 1.82) is 0 Å². The second-order valence-electron chi connectivity index (χ2n) is 4.42. The number of hydrogen-bond donors (Lipinski definition) is 1. The lowest BCUT2D eigenvalue weighted by Gasteiger charge is -2.06. The molecule has 1 aromatic heterocycles. The highest BCUT2D eigenvalue weighted by Crippen LogP contribution is 2.18. The number of carbonyl (C=O) groups excluding carboxylic acids is 1. The van der Waals surface area contributed by atoms with Crippen molar-refractivity contribution in [1.82, 2.24) is 9.88 Å². The number of nitrogens with zero attached hydrogens (tertiary/aromatic N) is 1. The van der Waals surface area contributed by atoms with Crippen molar-refractivity contribution < 1.29 is 9.18 Å². The Balaban J connectivity index is 1.66. The van der Waals surface area contributed by atoms with Crippen molar-refractivity contribution >= 4 is 17.7 Å². The van der Waals surface area contributed by atoms with Crippen LogP contribution in [0.5, 0.6) is 0 Å². The van der Waals surface area contributed by atoms with Gasteiger partial charge in [-0.1, -0.05) is 0 Å². The molecule has 0 aliphatic rings. The van der Waals surface area contributed by atoms with E-state index in [1.807, 2.05) is 19.3 Å². The Morgan fingerprint density at radius 1 is 1.30 bits per heavy atom. The third-order valence-corrected chi connectivity index (χ3v) is 3.96. The molecule has 1 N–H and O–H groups in total. The van der Waals surface area contributed by atoms with Crippen LogP contribution in [0.4, 0.5) is 4.39 Å². The monoisotopic (exact) mass is 292 g/mol. The second-order valence-corrected chi connectivity index (χ2v) is 5.58. The average Bonchev–Trinajstić information content (AvgIpc) is 2.86. The van der Waals surface area contributed by atoms with Crippen LogP contribution in [-0.4, -0.2) is 22.8 Å². The zero-order valence-electron chi connectivity index (χ0n) is 11.3. The van der Waals surface area contributed by atoms with Gasteiger partial charge in [0.15, 0.2) is 0 Å². The average molecular weight is 292 g/mol. The number of thioether (sulfide) groups is 1. The van der Waals surface area contributed by atoms with E-state index in [1.165, 1.54) is 12.1 Å². The maximum Gasteiger partial charge on any atom is 0.267 e. The number of halogens is 1. The summed E-state index contributed by atoms with van der Waals surface area (Å²) in [5, 5.41) is 2.89. The fraction of sp³-hybridized carbons (Fsp3) is 0.267. The maximum absolute atomic E-state index is 12.7. The van der Waals surface area contributed by atoms with Crippen LogP contribution in [0.15, 0.2) is 47.5 Å². The van der Waals surface area contributed by atoms with Crippen molar-refractivity contribution in [2.75, 3.05) is 12.3 Å². The molecule has 1 amide bonds. The van der Waals surface area contributed by atoms with Crippen LogP contribution >= 0.6 is 11.8 Å². The van der Waals surface area contributed by atoms with Gasteiger partial charge >= 0.3 is 0 Å². The number of amides is 1. The summed E-state index contributed by atoms with van der Waals surface area (Å²) in [7, 11) is 1.85. The summed E-state index contributed by atoms with van der Waals surface area (Å²) in [5.41, 5.74) is 0.663. The molecule has 1 heterocycles. The summed E-state index contributed by atoms with van der Waals surface area (Å²) < 4.78 is 14.5. The summed E-state index contributed by atoms with van der Waals surface area (Å²) in [5.74, 6) is 0.618. The molecule has 0 aliphatic carbocycles. The van der Waals surface area contributed by atoms with E-state index in [1.54, 1.807) is 34.5 Å². The van der Waals surface area contributed by atoms with Gasteiger partial charge in [0.2, 0.25) is 0 Å². The van der Waals surface area contributed by atoms with E-state index in [0.29, 0.717) is 12.2 Å². The SMILES string of the molecule is Cn1cccc1C(=O)NCCCSc1ccc(F)cc1. The van der Waals surface area contributed by atoms with Crippen molar-refractivity contribution in [3.63, 3.8) is 0 Å². The number of carbonyl (C=O) groups is 1. The van der Waals surface area contributed by atoms with Gasteiger partial charge in [0.25, 0.3) is 5.91 Å².